The Morgan fingerprint density at radius 3 is 2.38 bits per heavy atom. The van der Waals surface area contributed by atoms with Crippen LogP contribution < -0.4 is 11.0 Å². The van der Waals surface area contributed by atoms with E-state index in [4.69, 9.17) is 9.31 Å². The molecule has 2 aromatic rings. The van der Waals surface area contributed by atoms with E-state index in [9.17, 15) is 9.59 Å². The van der Waals surface area contributed by atoms with E-state index in [1.54, 1.807) is 34.4 Å². The van der Waals surface area contributed by atoms with Gasteiger partial charge in [-0.05, 0) is 39.2 Å². The molecule has 4 rings (SSSR count). The van der Waals surface area contributed by atoms with Crippen molar-refractivity contribution >= 4 is 18.5 Å². The van der Waals surface area contributed by atoms with E-state index in [1.165, 1.54) is 0 Å². The van der Waals surface area contributed by atoms with E-state index in [0.29, 0.717) is 18.5 Å². The Bertz CT molecular complexity index is 1020. The van der Waals surface area contributed by atoms with Crippen molar-refractivity contribution < 1.29 is 14.1 Å². The van der Waals surface area contributed by atoms with Gasteiger partial charge in [0.25, 0.3) is 5.56 Å². The van der Waals surface area contributed by atoms with Crippen molar-refractivity contribution in [3.8, 4) is 0 Å². The zero-order valence-corrected chi connectivity index (χ0v) is 17.9. The van der Waals surface area contributed by atoms with Gasteiger partial charge in [-0.2, -0.15) is 5.10 Å². The highest BCUT2D eigenvalue weighted by atomic mass is 16.7. The Morgan fingerprint density at radius 1 is 1.07 bits per heavy atom. The summed E-state index contributed by atoms with van der Waals surface area (Å²) in [5.74, 6) is 0.0332. The smallest absolute Gasteiger partial charge is 0.399 e. The van der Waals surface area contributed by atoms with Crippen molar-refractivity contribution in [2.45, 2.75) is 58.4 Å². The van der Waals surface area contributed by atoms with Gasteiger partial charge in [0.2, 0.25) is 5.91 Å². The van der Waals surface area contributed by atoms with Crippen molar-refractivity contribution in [1.82, 2.24) is 19.2 Å². The zero-order chi connectivity index (χ0) is 21.1. The second-order valence-corrected chi connectivity index (χ2v) is 9.01. The third-order valence-electron chi connectivity index (χ3n) is 6.20. The molecule has 0 saturated carbocycles. The Kier molecular flexibility index (Phi) is 4.51. The highest BCUT2D eigenvalue weighted by Crippen LogP contribution is 2.36. The van der Waals surface area contributed by atoms with Crippen molar-refractivity contribution in [2.75, 3.05) is 7.05 Å². The molecule has 154 valence electrons. The molecule has 2 aromatic heterocycles. The first-order chi connectivity index (χ1) is 13.5. The summed E-state index contributed by atoms with van der Waals surface area (Å²) in [4.78, 5) is 26.3. The molecule has 8 nitrogen and oxygen atoms in total. The minimum absolute atomic E-state index is 0.0332. The van der Waals surface area contributed by atoms with Crippen LogP contribution in [0.15, 0.2) is 23.1 Å². The average Bonchev–Trinajstić information content (AvgIpc) is 3.08. The number of likely N-dealkylation sites (N-methyl/N-ethyl adjacent to an activating group) is 1. The van der Waals surface area contributed by atoms with E-state index < -0.39 is 18.3 Å². The third kappa shape index (κ3) is 3.42. The second kappa shape index (κ2) is 6.57. The number of amides is 1. The molecule has 0 spiro atoms. The number of aromatic nitrogens is 3. The summed E-state index contributed by atoms with van der Waals surface area (Å²) < 4.78 is 15.6. The van der Waals surface area contributed by atoms with E-state index in [2.05, 4.69) is 5.10 Å². The maximum Gasteiger partial charge on any atom is 0.496 e. The maximum atomic E-state index is 12.7. The average molecular weight is 398 g/mol. The third-order valence-corrected chi connectivity index (χ3v) is 6.20. The first-order valence-electron chi connectivity index (χ1n) is 9.81. The van der Waals surface area contributed by atoms with Crippen molar-refractivity contribution in [3.05, 3.63) is 45.6 Å². The highest BCUT2D eigenvalue weighted by Gasteiger charge is 2.51. The Morgan fingerprint density at radius 2 is 1.72 bits per heavy atom. The molecule has 2 aliphatic rings. The minimum Gasteiger partial charge on any atom is -0.399 e. The molecule has 4 heterocycles. The summed E-state index contributed by atoms with van der Waals surface area (Å²) in [6.07, 6.45) is 2.15. The first kappa shape index (κ1) is 19.9. The molecular weight excluding hydrogens is 371 g/mol. The quantitative estimate of drug-likeness (QED) is 0.702. The molecule has 0 unspecified atom stereocenters. The number of hydrogen-bond donors (Lipinski definition) is 0. The summed E-state index contributed by atoms with van der Waals surface area (Å²) >= 11 is 0. The first-order valence-corrected chi connectivity index (χ1v) is 9.81. The van der Waals surface area contributed by atoms with Gasteiger partial charge in [0.15, 0.2) is 0 Å². The Balaban J connectivity index is 1.64. The predicted octanol–water partition coefficient (Wildman–Crippen LogP) is 0.444. The van der Waals surface area contributed by atoms with Crippen LogP contribution in [-0.4, -0.2) is 50.5 Å². The van der Waals surface area contributed by atoms with Gasteiger partial charge in [0.1, 0.15) is 6.54 Å². The molecule has 1 amide bonds. The van der Waals surface area contributed by atoms with Crippen LogP contribution in [0.25, 0.3) is 0 Å². The molecule has 0 aliphatic carbocycles. The molecule has 9 heteroatoms. The molecule has 0 bridgehead atoms. The number of rotatable bonds is 3. The lowest BCUT2D eigenvalue weighted by atomic mass is 9.79. The van der Waals surface area contributed by atoms with E-state index in [1.807, 2.05) is 39.8 Å². The lowest BCUT2D eigenvalue weighted by Gasteiger charge is -2.32. The van der Waals surface area contributed by atoms with Crippen LogP contribution in [0.3, 0.4) is 0 Å². The van der Waals surface area contributed by atoms with E-state index in [-0.39, 0.29) is 18.0 Å². The molecule has 0 N–H and O–H groups in total. The van der Waals surface area contributed by atoms with Crippen LogP contribution in [0.4, 0.5) is 0 Å². The fourth-order valence-electron chi connectivity index (χ4n) is 3.68. The van der Waals surface area contributed by atoms with Crippen molar-refractivity contribution in [3.63, 3.8) is 0 Å². The number of carbonyl (C=O) groups excluding carboxylic acids is 1. The molecule has 0 atom stereocenters. The standard InChI is InChI=1S/C20H27BN4O4/c1-19(2)20(3,4)29-21(28-19)14-7-13(18(27)24(6)10-14)8-15-9-16-11-23(5)17(26)12-25(16)22-15/h7,9-10H,8,11-12H2,1-6H3. The monoisotopic (exact) mass is 398 g/mol. The van der Waals surface area contributed by atoms with E-state index in [0.717, 1.165) is 16.9 Å². The fourth-order valence-corrected chi connectivity index (χ4v) is 3.68. The number of fused-ring (bicyclic) bond motifs is 1. The van der Waals surface area contributed by atoms with Gasteiger partial charge in [-0.1, -0.05) is 6.07 Å². The van der Waals surface area contributed by atoms with Crippen LogP contribution in [0.1, 0.15) is 44.6 Å². The fraction of sp³-hybridized carbons (Fsp3) is 0.550. The van der Waals surface area contributed by atoms with Crippen LogP contribution in [0.2, 0.25) is 0 Å². The van der Waals surface area contributed by atoms with Crippen molar-refractivity contribution in [1.29, 1.82) is 0 Å². The molecule has 29 heavy (non-hydrogen) atoms. The van der Waals surface area contributed by atoms with E-state index >= 15 is 0 Å². The maximum absolute atomic E-state index is 12.7. The highest BCUT2D eigenvalue weighted by molar-refractivity contribution is 6.62. The number of carbonyl (C=O) groups is 1. The summed E-state index contributed by atoms with van der Waals surface area (Å²) in [7, 11) is 2.97. The molecule has 0 radical (unpaired) electrons. The number of nitrogens with zero attached hydrogens (tertiary/aromatic N) is 4. The molecule has 1 fully saturated rings. The Labute approximate surface area is 170 Å². The lowest BCUT2D eigenvalue weighted by molar-refractivity contribution is -0.132. The molecule has 2 aliphatic heterocycles. The van der Waals surface area contributed by atoms with Gasteiger partial charge in [-0.3, -0.25) is 14.3 Å². The summed E-state index contributed by atoms with van der Waals surface area (Å²) in [5.41, 5.74) is 2.19. The van der Waals surface area contributed by atoms with Crippen LogP contribution in [-0.2, 0) is 40.7 Å². The summed E-state index contributed by atoms with van der Waals surface area (Å²) in [6, 6.07) is 3.81. The number of hydrogen-bond acceptors (Lipinski definition) is 5. The van der Waals surface area contributed by atoms with Gasteiger partial charge >= 0.3 is 7.12 Å². The predicted molar refractivity (Wildman–Crippen MR) is 109 cm³/mol. The summed E-state index contributed by atoms with van der Waals surface area (Å²) in [5, 5.41) is 4.53. The SMILES string of the molecule is CN1Cc2cc(Cc3cc(B4OC(C)(C)C(C)(C)O4)cn(C)c3=O)nn2CC1=O. The summed E-state index contributed by atoms with van der Waals surface area (Å²) in [6.45, 7) is 8.77. The minimum atomic E-state index is -0.535. The second-order valence-electron chi connectivity index (χ2n) is 9.01. The van der Waals surface area contributed by atoms with Gasteiger partial charge in [0.05, 0.1) is 29.1 Å². The van der Waals surface area contributed by atoms with Crippen LogP contribution in [0.5, 0.6) is 0 Å². The topological polar surface area (TPSA) is 78.6 Å². The molecule has 1 saturated heterocycles. The van der Waals surface area contributed by atoms with Gasteiger partial charge in [-0.25, -0.2) is 0 Å². The van der Waals surface area contributed by atoms with Crippen LogP contribution >= 0.6 is 0 Å². The number of aryl methyl sites for hydroxylation is 1. The molecule has 0 aromatic carbocycles. The van der Waals surface area contributed by atoms with Gasteiger partial charge in [-0.15, -0.1) is 0 Å². The normalized spacial score (nSPS) is 20.3. The van der Waals surface area contributed by atoms with Gasteiger partial charge < -0.3 is 18.8 Å². The van der Waals surface area contributed by atoms with Crippen LogP contribution in [0, 0.1) is 0 Å². The number of pyridine rings is 1. The van der Waals surface area contributed by atoms with Gasteiger partial charge in [0, 0.05) is 32.3 Å². The zero-order valence-electron chi connectivity index (χ0n) is 17.9. The lowest BCUT2D eigenvalue weighted by Crippen LogP contribution is -2.41. The largest absolute Gasteiger partial charge is 0.496 e. The Hall–Kier alpha value is -2.39. The van der Waals surface area contributed by atoms with Crippen molar-refractivity contribution in [2.24, 2.45) is 7.05 Å². The molecular formula is C20H27BN4O4.